The minimum atomic E-state index is -3.62. The largest absolute Gasteiger partial charge is 0.497 e. The normalized spacial score (nSPS) is 21.6. The van der Waals surface area contributed by atoms with Crippen molar-refractivity contribution >= 4 is 32.9 Å². The average molecular weight is 383 g/mol. The van der Waals surface area contributed by atoms with E-state index in [1.54, 1.807) is 12.1 Å². The highest BCUT2D eigenvalue weighted by Crippen LogP contribution is 2.25. The predicted octanol–water partition coefficient (Wildman–Crippen LogP) is 1.31. The molecule has 1 N–H and O–H groups in total. The molecule has 1 saturated heterocycles. The fourth-order valence-corrected chi connectivity index (χ4v) is 5.14. The number of hydrogen-bond donors (Lipinski definition) is 1. The molecule has 1 aromatic rings. The summed E-state index contributed by atoms with van der Waals surface area (Å²) in [7, 11) is -2.09. The van der Waals surface area contributed by atoms with E-state index in [2.05, 4.69) is 10.3 Å². The molecule has 9 heteroatoms. The Bertz CT molecular complexity index is 762. The van der Waals surface area contributed by atoms with Gasteiger partial charge in [0.15, 0.2) is 5.17 Å². The number of carbonyl (C=O) groups is 1. The lowest BCUT2D eigenvalue weighted by Crippen LogP contribution is -2.46. The molecule has 1 amide bonds. The van der Waals surface area contributed by atoms with Crippen molar-refractivity contribution in [1.29, 1.82) is 0 Å². The minimum absolute atomic E-state index is 0.150. The first-order valence-electron chi connectivity index (χ1n) is 8.13. The van der Waals surface area contributed by atoms with Crippen LogP contribution in [0.2, 0.25) is 0 Å². The number of methoxy groups -OCH3 is 1. The predicted molar refractivity (Wildman–Crippen MR) is 97.4 cm³/mol. The summed E-state index contributed by atoms with van der Waals surface area (Å²) in [6.07, 6.45) is 1.34. The van der Waals surface area contributed by atoms with Gasteiger partial charge < -0.3 is 10.1 Å². The molecule has 0 bridgehead atoms. The Hall–Kier alpha value is -1.58. The van der Waals surface area contributed by atoms with Gasteiger partial charge in [0.1, 0.15) is 5.75 Å². The van der Waals surface area contributed by atoms with Crippen LogP contribution in [0.4, 0.5) is 0 Å². The Kier molecular flexibility index (Phi) is 5.65. The van der Waals surface area contributed by atoms with E-state index in [-0.39, 0.29) is 23.3 Å². The van der Waals surface area contributed by atoms with Crippen LogP contribution < -0.4 is 10.1 Å². The number of nitrogens with one attached hydrogen (secondary N) is 1. The second-order valence-corrected chi connectivity index (χ2v) is 8.92. The topological polar surface area (TPSA) is 88.1 Å². The molecule has 2 aliphatic rings. The molecule has 1 atom stereocenters. The van der Waals surface area contributed by atoms with Crippen molar-refractivity contribution in [3.8, 4) is 5.75 Å². The van der Waals surface area contributed by atoms with Crippen molar-refractivity contribution in [3.05, 3.63) is 24.3 Å². The second kappa shape index (κ2) is 7.76. The van der Waals surface area contributed by atoms with Crippen molar-refractivity contribution in [2.45, 2.75) is 17.7 Å². The molecular formula is C16H21N3O4S2. The first-order chi connectivity index (χ1) is 12.0. The molecule has 0 spiro atoms. The highest BCUT2D eigenvalue weighted by atomic mass is 32.2. The van der Waals surface area contributed by atoms with Crippen LogP contribution in [0, 0.1) is 5.92 Å². The van der Waals surface area contributed by atoms with Crippen molar-refractivity contribution in [2.75, 3.05) is 32.5 Å². The molecule has 1 aromatic carbocycles. The molecule has 0 aliphatic carbocycles. The number of benzene rings is 1. The zero-order valence-corrected chi connectivity index (χ0v) is 15.6. The summed E-state index contributed by atoms with van der Waals surface area (Å²) in [5, 5.41) is 3.45. The van der Waals surface area contributed by atoms with E-state index in [9.17, 15) is 13.2 Å². The van der Waals surface area contributed by atoms with Crippen LogP contribution in [0.25, 0.3) is 0 Å². The first-order valence-corrected chi connectivity index (χ1v) is 10.6. The third-order valence-electron chi connectivity index (χ3n) is 4.27. The van der Waals surface area contributed by atoms with Gasteiger partial charge >= 0.3 is 0 Å². The summed E-state index contributed by atoms with van der Waals surface area (Å²) in [6, 6.07) is 6.30. The maximum atomic E-state index is 12.8. The lowest BCUT2D eigenvalue weighted by molar-refractivity contribution is -0.124. The van der Waals surface area contributed by atoms with E-state index in [1.807, 2.05) is 0 Å². The van der Waals surface area contributed by atoms with Crippen LogP contribution >= 0.6 is 11.8 Å². The molecule has 136 valence electrons. The van der Waals surface area contributed by atoms with Crippen LogP contribution in [0.5, 0.6) is 5.75 Å². The van der Waals surface area contributed by atoms with Crippen molar-refractivity contribution in [1.82, 2.24) is 9.62 Å². The van der Waals surface area contributed by atoms with Gasteiger partial charge in [0, 0.05) is 18.8 Å². The maximum Gasteiger partial charge on any atom is 0.243 e. The molecule has 0 radical (unpaired) electrons. The van der Waals surface area contributed by atoms with Crippen molar-refractivity contribution in [3.63, 3.8) is 0 Å². The first kappa shape index (κ1) is 18.2. The number of aliphatic imine (C=N–C) groups is 1. The van der Waals surface area contributed by atoms with Crippen LogP contribution in [-0.4, -0.2) is 56.3 Å². The van der Waals surface area contributed by atoms with Gasteiger partial charge in [-0.15, -0.1) is 0 Å². The van der Waals surface area contributed by atoms with E-state index >= 15 is 0 Å². The van der Waals surface area contributed by atoms with Gasteiger partial charge in [-0.05, 0) is 37.1 Å². The smallest absolute Gasteiger partial charge is 0.243 e. The summed E-state index contributed by atoms with van der Waals surface area (Å²) in [4.78, 5) is 16.8. The van der Waals surface area contributed by atoms with Crippen molar-refractivity contribution < 1.29 is 17.9 Å². The molecule has 1 unspecified atom stereocenters. The molecule has 2 heterocycles. The summed E-state index contributed by atoms with van der Waals surface area (Å²) >= 11 is 1.52. The monoisotopic (exact) mass is 383 g/mol. The molecule has 7 nitrogen and oxygen atoms in total. The lowest BCUT2D eigenvalue weighted by Gasteiger charge is -2.31. The second-order valence-electron chi connectivity index (χ2n) is 5.90. The number of amidine groups is 1. The van der Waals surface area contributed by atoms with E-state index in [0.29, 0.717) is 36.8 Å². The molecule has 0 aromatic heterocycles. The number of sulfonamides is 1. The summed E-state index contributed by atoms with van der Waals surface area (Å²) in [5.41, 5.74) is 0. The lowest BCUT2D eigenvalue weighted by atomic mass is 9.99. The van der Waals surface area contributed by atoms with Crippen LogP contribution in [0.15, 0.2) is 34.2 Å². The van der Waals surface area contributed by atoms with Gasteiger partial charge in [0.2, 0.25) is 15.9 Å². The number of carbonyl (C=O) groups excluding carboxylic acids is 1. The van der Waals surface area contributed by atoms with Crippen LogP contribution in [-0.2, 0) is 14.8 Å². The highest BCUT2D eigenvalue weighted by Gasteiger charge is 2.33. The number of ether oxygens (including phenoxy) is 1. The van der Waals surface area contributed by atoms with Gasteiger partial charge in [0.05, 0.1) is 24.5 Å². The number of thioether (sulfide) groups is 1. The molecule has 3 rings (SSSR count). The SMILES string of the molecule is COc1ccc(S(=O)(=O)N2CCCC(C(=O)NC3=NCCS3)C2)cc1. The summed E-state index contributed by atoms with van der Waals surface area (Å²) < 4.78 is 32.1. The van der Waals surface area contributed by atoms with Crippen LogP contribution in [0.1, 0.15) is 12.8 Å². The Balaban J connectivity index is 1.69. The van der Waals surface area contributed by atoms with E-state index in [0.717, 1.165) is 5.75 Å². The number of amides is 1. The average Bonchev–Trinajstić information content (AvgIpc) is 3.15. The number of piperidine rings is 1. The third-order valence-corrected chi connectivity index (χ3v) is 7.04. The van der Waals surface area contributed by atoms with Gasteiger partial charge in [-0.3, -0.25) is 9.79 Å². The number of rotatable bonds is 4. The minimum Gasteiger partial charge on any atom is -0.497 e. The standard InChI is InChI=1S/C16H21N3O4S2/c1-23-13-4-6-14(7-5-13)25(21,22)19-9-2-3-12(11-19)15(20)18-16-17-8-10-24-16/h4-7,12H,2-3,8-11H2,1H3,(H,17,18,20). The van der Waals surface area contributed by atoms with Crippen LogP contribution in [0.3, 0.4) is 0 Å². The van der Waals surface area contributed by atoms with E-state index < -0.39 is 10.0 Å². The molecule has 0 saturated carbocycles. The Morgan fingerprint density at radius 3 is 2.76 bits per heavy atom. The summed E-state index contributed by atoms with van der Waals surface area (Å²) in [5.74, 6) is 0.969. The molecular weight excluding hydrogens is 362 g/mol. The quantitative estimate of drug-likeness (QED) is 0.847. The third kappa shape index (κ3) is 4.16. The number of nitrogens with zero attached hydrogens (tertiary/aromatic N) is 2. The van der Waals surface area contributed by atoms with Gasteiger partial charge in [0.25, 0.3) is 0 Å². The Labute approximate surface area is 151 Å². The number of hydrogen-bond acceptors (Lipinski definition) is 6. The van der Waals surface area contributed by atoms with Gasteiger partial charge in [-0.2, -0.15) is 4.31 Å². The molecule has 1 fully saturated rings. The Morgan fingerprint density at radius 2 is 2.12 bits per heavy atom. The molecule has 2 aliphatic heterocycles. The highest BCUT2D eigenvalue weighted by molar-refractivity contribution is 8.14. The zero-order valence-electron chi connectivity index (χ0n) is 14.0. The fraction of sp³-hybridized carbons (Fsp3) is 0.500. The Morgan fingerprint density at radius 1 is 1.36 bits per heavy atom. The van der Waals surface area contributed by atoms with E-state index in [4.69, 9.17) is 4.74 Å². The van der Waals surface area contributed by atoms with Crippen molar-refractivity contribution in [2.24, 2.45) is 10.9 Å². The fourth-order valence-electron chi connectivity index (χ4n) is 2.89. The summed E-state index contributed by atoms with van der Waals surface area (Å²) in [6.45, 7) is 1.33. The maximum absolute atomic E-state index is 12.8. The molecule has 25 heavy (non-hydrogen) atoms. The van der Waals surface area contributed by atoms with Gasteiger partial charge in [-0.1, -0.05) is 11.8 Å². The van der Waals surface area contributed by atoms with Gasteiger partial charge in [-0.25, -0.2) is 8.42 Å². The zero-order chi connectivity index (χ0) is 17.9. The van der Waals surface area contributed by atoms with E-state index in [1.165, 1.54) is 35.3 Å².